The minimum Gasteiger partial charge on any atom is -0.382 e. The summed E-state index contributed by atoms with van der Waals surface area (Å²) in [4.78, 5) is 18.9. The number of hydrogen-bond acceptors (Lipinski definition) is 6. The molecule has 0 saturated carbocycles. The van der Waals surface area contributed by atoms with Crippen molar-refractivity contribution in [1.82, 2.24) is 9.88 Å². The zero-order valence-electron chi connectivity index (χ0n) is 11.3. The van der Waals surface area contributed by atoms with Crippen molar-refractivity contribution in [2.45, 2.75) is 38.8 Å². The van der Waals surface area contributed by atoms with Crippen LogP contribution in [0.3, 0.4) is 0 Å². The van der Waals surface area contributed by atoms with Crippen molar-refractivity contribution >= 4 is 28.2 Å². The van der Waals surface area contributed by atoms with Crippen molar-refractivity contribution in [1.29, 1.82) is 0 Å². The second-order valence-corrected chi connectivity index (χ2v) is 6.16. The van der Waals surface area contributed by atoms with Crippen LogP contribution in [0.15, 0.2) is 0 Å². The van der Waals surface area contributed by atoms with E-state index in [-0.39, 0.29) is 18.0 Å². The van der Waals surface area contributed by atoms with Crippen molar-refractivity contribution in [3.05, 3.63) is 4.88 Å². The van der Waals surface area contributed by atoms with Crippen LogP contribution in [0.2, 0.25) is 0 Å². The molecule has 1 aromatic heterocycles. The van der Waals surface area contributed by atoms with E-state index in [4.69, 9.17) is 11.5 Å². The van der Waals surface area contributed by atoms with Crippen LogP contribution in [0, 0.1) is 0 Å². The molecule has 0 spiro atoms. The molecule has 0 unspecified atom stereocenters. The summed E-state index contributed by atoms with van der Waals surface area (Å²) in [6, 6.07) is 0.475. The molecule has 0 radical (unpaired) electrons. The van der Waals surface area contributed by atoms with Crippen molar-refractivity contribution in [3.8, 4) is 0 Å². The predicted octanol–water partition coefficient (Wildman–Crippen LogP) is 1.11. The molecule has 7 heteroatoms. The highest BCUT2D eigenvalue weighted by Crippen LogP contribution is 2.27. The number of nitrogens with two attached hydrogens (primary N) is 2. The second-order valence-electron chi connectivity index (χ2n) is 5.16. The lowest BCUT2D eigenvalue weighted by Gasteiger charge is -2.29. The fraction of sp³-hybridized carbons (Fsp3) is 0.667. The molecule has 1 aromatic rings. The molecule has 2 rings (SSSR count). The molecule has 1 aliphatic rings. The van der Waals surface area contributed by atoms with E-state index in [0.717, 1.165) is 12.8 Å². The topological polar surface area (TPSA) is 97.3 Å². The standard InChI is InChI=1S/C12H21N5OS/c1-7(2)15-12-16-10(14)9(19-12)11(18)17-5-3-8(13)4-6-17/h7-8H,3-6,13-14H2,1-2H3,(H,15,16). The summed E-state index contributed by atoms with van der Waals surface area (Å²) in [6.07, 6.45) is 1.70. The van der Waals surface area contributed by atoms with Crippen LogP contribution < -0.4 is 16.8 Å². The van der Waals surface area contributed by atoms with Gasteiger partial charge in [-0.25, -0.2) is 4.98 Å². The van der Waals surface area contributed by atoms with Gasteiger partial charge in [-0.15, -0.1) is 0 Å². The first-order valence-corrected chi connectivity index (χ1v) is 7.36. The van der Waals surface area contributed by atoms with Crippen LogP contribution in [0.25, 0.3) is 0 Å². The normalized spacial score (nSPS) is 16.9. The fourth-order valence-electron chi connectivity index (χ4n) is 2.04. The van der Waals surface area contributed by atoms with Gasteiger partial charge in [0, 0.05) is 25.2 Å². The summed E-state index contributed by atoms with van der Waals surface area (Å²) in [7, 11) is 0. The van der Waals surface area contributed by atoms with Crippen LogP contribution in [0.4, 0.5) is 10.9 Å². The molecule has 0 atom stereocenters. The third-order valence-electron chi connectivity index (χ3n) is 3.09. The Morgan fingerprint density at radius 3 is 2.68 bits per heavy atom. The van der Waals surface area contributed by atoms with Crippen molar-refractivity contribution in [2.75, 3.05) is 24.1 Å². The summed E-state index contributed by atoms with van der Waals surface area (Å²) >= 11 is 1.32. The first-order valence-electron chi connectivity index (χ1n) is 6.55. The molecule has 106 valence electrons. The van der Waals surface area contributed by atoms with E-state index in [1.807, 2.05) is 18.7 Å². The van der Waals surface area contributed by atoms with E-state index in [1.54, 1.807) is 0 Å². The average molecular weight is 283 g/mol. The lowest BCUT2D eigenvalue weighted by molar-refractivity contribution is 0.0720. The van der Waals surface area contributed by atoms with Gasteiger partial charge in [0.05, 0.1) is 0 Å². The summed E-state index contributed by atoms with van der Waals surface area (Å²) in [5.41, 5.74) is 11.7. The van der Waals surface area contributed by atoms with Gasteiger partial charge in [0.25, 0.3) is 5.91 Å². The van der Waals surface area contributed by atoms with Crippen molar-refractivity contribution < 1.29 is 4.79 Å². The van der Waals surface area contributed by atoms with Crippen LogP contribution in [-0.2, 0) is 0 Å². The monoisotopic (exact) mass is 283 g/mol. The SMILES string of the molecule is CC(C)Nc1nc(N)c(C(=O)N2CCC(N)CC2)s1. The zero-order valence-corrected chi connectivity index (χ0v) is 12.2. The maximum absolute atomic E-state index is 12.4. The molecule has 0 aliphatic carbocycles. The number of nitrogens with zero attached hydrogens (tertiary/aromatic N) is 2. The molecule has 5 N–H and O–H groups in total. The van der Waals surface area contributed by atoms with Crippen LogP contribution in [-0.4, -0.2) is 41.0 Å². The number of thiazole rings is 1. The Hall–Kier alpha value is -1.34. The molecule has 1 fully saturated rings. The average Bonchev–Trinajstić information content (AvgIpc) is 2.69. The lowest BCUT2D eigenvalue weighted by atomic mass is 10.1. The molecule has 0 aromatic carbocycles. The minimum absolute atomic E-state index is 0.0290. The number of rotatable bonds is 3. The molecular weight excluding hydrogens is 262 g/mol. The number of aromatic nitrogens is 1. The summed E-state index contributed by atoms with van der Waals surface area (Å²) in [5, 5.41) is 3.87. The van der Waals surface area contributed by atoms with Crippen LogP contribution >= 0.6 is 11.3 Å². The lowest BCUT2D eigenvalue weighted by Crippen LogP contribution is -2.42. The van der Waals surface area contributed by atoms with Gasteiger partial charge in [-0.05, 0) is 26.7 Å². The number of hydrogen-bond donors (Lipinski definition) is 3. The fourth-order valence-corrected chi connectivity index (χ4v) is 3.04. The second kappa shape index (κ2) is 5.75. The Morgan fingerprint density at radius 1 is 1.47 bits per heavy atom. The van der Waals surface area contributed by atoms with Gasteiger partial charge in [0.1, 0.15) is 10.7 Å². The Balaban J connectivity index is 2.08. The largest absolute Gasteiger partial charge is 0.382 e. The molecule has 6 nitrogen and oxygen atoms in total. The molecular formula is C12H21N5OS. The first-order chi connectivity index (χ1) is 8.97. The highest BCUT2D eigenvalue weighted by Gasteiger charge is 2.25. The molecule has 1 saturated heterocycles. The van der Waals surface area contributed by atoms with Crippen molar-refractivity contribution in [2.24, 2.45) is 5.73 Å². The van der Waals surface area contributed by atoms with Gasteiger partial charge in [0.2, 0.25) is 0 Å². The van der Waals surface area contributed by atoms with E-state index in [1.165, 1.54) is 11.3 Å². The van der Waals surface area contributed by atoms with E-state index in [9.17, 15) is 4.79 Å². The van der Waals surface area contributed by atoms with E-state index >= 15 is 0 Å². The smallest absolute Gasteiger partial charge is 0.267 e. The Kier molecular flexibility index (Phi) is 4.26. The minimum atomic E-state index is -0.0290. The number of likely N-dealkylation sites (tertiary alicyclic amines) is 1. The van der Waals surface area contributed by atoms with Gasteiger partial charge < -0.3 is 21.7 Å². The maximum atomic E-state index is 12.4. The van der Waals surface area contributed by atoms with Crippen LogP contribution in [0.1, 0.15) is 36.4 Å². The molecule has 19 heavy (non-hydrogen) atoms. The number of nitrogens with one attached hydrogen (secondary N) is 1. The third-order valence-corrected chi connectivity index (χ3v) is 4.08. The maximum Gasteiger partial charge on any atom is 0.267 e. The Labute approximate surface area is 117 Å². The van der Waals surface area contributed by atoms with Crippen molar-refractivity contribution in [3.63, 3.8) is 0 Å². The molecule has 0 bridgehead atoms. The predicted molar refractivity (Wildman–Crippen MR) is 78.4 cm³/mol. The zero-order chi connectivity index (χ0) is 14.0. The molecule has 1 amide bonds. The van der Waals surface area contributed by atoms with E-state index < -0.39 is 0 Å². The highest BCUT2D eigenvalue weighted by molar-refractivity contribution is 7.18. The van der Waals surface area contributed by atoms with Crippen LogP contribution in [0.5, 0.6) is 0 Å². The molecule has 1 aliphatic heterocycles. The van der Waals surface area contributed by atoms with E-state index in [0.29, 0.717) is 28.9 Å². The first kappa shape index (κ1) is 14.1. The number of amides is 1. The number of carbonyl (C=O) groups excluding carboxylic acids is 1. The quantitative estimate of drug-likeness (QED) is 0.772. The number of nitrogen functional groups attached to an aromatic ring is 1. The van der Waals surface area contributed by atoms with Gasteiger partial charge in [-0.2, -0.15) is 0 Å². The van der Waals surface area contributed by atoms with E-state index in [2.05, 4.69) is 10.3 Å². The van der Waals surface area contributed by atoms with Gasteiger partial charge in [-0.1, -0.05) is 11.3 Å². The Morgan fingerprint density at radius 2 is 2.11 bits per heavy atom. The summed E-state index contributed by atoms with van der Waals surface area (Å²) in [6.45, 7) is 5.44. The number of piperidine rings is 1. The molecule has 2 heterocycles. The van der Waals surface area contributed by atoms with Gasteiger partial charge in [0.15, 0.2) is 5.13 Å². The van der Waals surface area contributed by atoms with Gasteiger partial charge in [-0.3, -0.25) is 4.79 Å². The Bertz CT molecular complexity index is 451. The number of anilines is 2. The highest BCUT2D eigenvalue weighted by atomic mass is 32.1. The van der Waals surface area contributed by atoms with Gasteiger partial charge >= 0.3 is 0 Å². The summed E-state index contributed by atoms with van der Waals surface area (Å²) < 4.78 is 0. The summed E-state index contributed by atoms with van der Waals surface area (Å²) in [5.74, 6) is 0.284. The number of carbonyl (C=O) groups is 1. The third kappa shape index (κ3) is 3.36.